The van der Waals surface area contributed by atoms with Gasteiger partial charge in [-0.2, -0.15) is 0 Å². The zero-order valence-corrected chi connectivity index (χ0v) is 15.7. The molecule has 144 valence electrons. The average molecular weight is 398 g/mol. The van der Waals surface area contributed by atoms with Crippen molar-refractivity contribution in [3.63, 3.8) is 0 Å². The third-order valence-corrected chi connectivity index (χ3v) is 5.77. The molecule has 3 aromatic rings. The standard InChI is InChI=1S/C20H18N2O5S/c23-20(15-6-7-19-14(11-15)8-10-27-19)22-16-3-1-5-18(12-16)28(24,25)21-13-17-4-2-9-26-17/h1-7,9,11-12,21H,8,10,13H2,(H,22,23). The SMILES string of the molecule is O=C(Nc1cccc(S(=O)(=O)NCc2ccco2)c1)c1ccc2c(c1)CCO2. The van der Waals surface area contributed by atoms with E-state index in [2.05, 4.69) is 10.0 Å². The lowest BCUT2D eigenvalue weighted by Gasteiger charge is -2.09. The first-order valence-electron chi connectivity index (χ1n) is 8.70. The second-order valence-electron chi connectivity index (χ2n) is 6.31. The summed E-state index contributed by atoms with van der Waals surface area (Å²) in [5.41, 5.74) is 1.88. The molecule has 0 saturated heterocycles. The number of carbonyl (C=O) groups excluding carboxylic acids is 1. The fourth-order valence-electron chi connectivity index (χ4n) is 2.93. The van der Waals surface area contributed by atoms with Crippen LogP contribution < -0.4 is 14.8 Å². The maximum absolute atomic E-state index is 12.5. The molecule has 2 aromatic carbocycles. The topological polar surface area (TPSA) is 97.6 Å². The fourth-order valence-corrected chi connectivity index (χ4v) is 3.97. The molecule has 7 nitrogen and oxygen atoms in total. The van der Waals surface area contributed by atoms with Crippen molar-refractivity contribution in [2.45, 2.75) is 17.9 Å². The van der Waals surface area contributed by atoms with Crippen molar-refractivity contribution >= 4 is 21.6 Å². The maximum atomic E-state index is 12.5. The van der Waals surface area contributed by atoms with E-state index in [1.54, 1.807) is 42.5 Å². The molecule has 0 atom stereocenters. The monoisotopic (exact) mass is 398 g/mol. The second-order valence-corrected chi connectivity index (χ2v) is 8.07. The summed E-state index contributed by atoms with van der Waals surface area (Å²) in [4.78, 5) is 12.6. The van der Waals surface area contributed by atoms with Crippen molar-refractivity contribution in [3.05, 3.63) is 77.7 Å². The van der Waals surface area contributed by atoms with Gasteiger partial charge in [0.25, 0.3) is 5.91 Å². The van der Waals surface area contributed by atoms with E-state index in [9.17, 15) is 13.2 Å². The Labute approximate surface area is 162 Å². The molecule has 0 spiro atoms. The molecular formula is C20H18N2O5S. The Bertz CT molecular complexity index is 1110. The lowest BCUT2D eigenvalue weighted by Crippen LogP contribution is -2.23. The number of furan rings is 1. The molecule has 1 aliphatic rings. The largest absolute Gasteiger partial charge is 0.493 e. The lowest BCUT2D eigenvalue weighted by atomic mass is 10.1. The highest BCUT2D eigenvalue weighted by Crippen LogP contribution is 2.26. The first-order valence-corrected chi connectivity index (χ1v) is 10.2. The van der Waals surface area contributed by atoms with E-state index in [-0.39, 0.29) is 17.3 Å². The minimum atomic E-state index is -3.75. The number of ether oxygens (including phenoxy) is 1. The van der Waals surface area contributed by atoms with Crippen LogP contribution in [0.15, 0.2) is 70.2 Å². The molecule has 2 N–H and O–H groups in total. The van der Waals surface area contributed by atoms with Crippen LogP contribution in [-0.2, 0) is 23.0 Å². The summed E-state index contributed by atoms with van der Waals surface area (Å²) in [5, 5.41) is 2.74. The van der Waals surface area contributed by atoms with Crippen LogP contribution in [0.4, 0.5) is 5.69 Å². The third-order valence-electron chi connectivity index (χ3n) is 4.37. The van der Waals surface area contributed by atoms with Crippen LogP contribution in [0.2, 0.25) is 0 Å². The number of amides is 1. The van der Waals surface area contributed by atoms with E-state index in [0.717, 1.165) is 17.7 Å². The molecule has 0 aliphatic carbocycles. The minimum absolute atomic E-state index is 0.0448. The number of anilines is 1. The van der Waals surface area contributed by atoms with Crippen LogP contribution in [0.25, 0.3) is 0 Å². The highest BCUT2D eigenvalue weighted by atomic mass is 32.2. The van der Waals surface area contributed by atoms with Crippen molar-refractivity contribution in [3.8, 4) is 5.75 Å². The third kappa shape index (κ3) is 3.92. The molecule has 1 aromatic heterocycles. The normalized spacial score (nSPS) is 13.0. The quantitative estimate of drug-likeness (QED) is 0.665. The molecule has 0 saturated carbocycles. The van der Waals surface area contributed by atoms with Crippen molar-refractivity contribution < 1.29 is 22.4 Å². The Morgan fingerprint density at radius 3 is 2.79 bits per heavy atom. The number of benzene rings is 2. The van der Waals surface area contributed by atoms with E-state index in [1.807, 2.05) is 0 Å². The summed E-state index contributed by atoms with van der Waals surface area (Å²) < 4.78 is 38.0. The van der Waals surface area contributed by atoms with Crippen LogP contribution in [0.1, 0.15) is 21.7 Å². The summed E-state index contributed by atoms with van der Waals surface area (Å²) in [5.74, 6) is 0.994. The van der Waals surface area contributed by atoms with E-state index in [0.29, 0.717) is 23.6 Å². The zero-order valence-electron chi connectivity index (χ0n) is 14.8. The molecule has 0 unspecified atom stereocenters. The maximum Gasteiger partial charge on any atom is 0.255 e. The molecule has 0 radical (unpaired) electrons. The van der Waals surface area contributed by atoms with E-state index in [4.69, 9.17) is 9.15 Å². The van der Waals surface area contributed by atoms with Crippen molar-refractivity contribution in [2.75, 3.05) is 11.9 Å². The van der Waals surface area contributed by atoms with Crippen LogP contribution in [-0.4, -0.2) is 20.9 Å². The van der Waals surface area contributed by atoms with Gasteiger partial charge < -0.3 is 14.5 Å². The van der Waals surface area contributed by atoms with E-state index < -0.39 is 10.0 Å². The minimum Gasteiger partial charge on any atom is -0.493 e. The molecule has 8 heteroatoms. The number of hydrogen-bond acceptors (Lipinski definition) is 5. The van der Waals surface area contributed by atoms with Gasteiger partial charge in [-0.3, -0.25) is 4.79 Å². The summed E-state index contributed by atoms with van der Waals surface area (Å²) in [6, 6.07) is 14.7. The summed E-state index contributed by atoms with van der Waals surface area (Å²) >= 11 is 0. The van der Waals surface area contributed by atoms with Crippen molar-refractivity contribution in [2.24, 2.45) is 0 Å². The highest BCUT2D eigenvalue weighted by Gasteiger charge is 2.17. The molecule has 28 heavy (non-hydrogen) atoms. The summed E-state index contributed by atoms with van der Waals surface area (Å²) in [7, 11) is -3.75. The Morgan fingerprint density at radius 2 is 1.96 bits per heavy atom. The number of hydrogen-bond donors (Lipinski definition) is 2. The van der Waals surface area contributed by atoms with Gasteiger partial charge in [0, 0.05) is 17.7 Å². The number of nitrogens with one attached hydrogen (secondary N) is 2. The number of carbonyl (C=O) groups is 1. The van der Waals surface area contributed by atoms with Crippen LogP contribution in [0, 0.1) is 0 Å². The van der Waals surface area contributed by atoms with Gasteiger partial charge >= 0.3 is 0 Å². The van der Waals surface area contributed by atoms with Gasteiger partial charge in [0.2, 0.25) is 10.0 Å². The molecule has 0 fully saturated rings. The Hall–Kier alpha value is -3.10. The number of sulfonamides is 1. The molecule has 0 bridgehead atoms. The number of rotatable bonds is 6. The van der Waals surface area contributed by atoms with Gasteiger partial charge in [-0.05, 0) is 54.1 Å². The van der Waals surface area contributed by atoms with Gasteiger partial charge in [0.1, 0.15) is 11.5 Å². The average Bonchev–Trinajstić information content (AvgIpc) is 3.37. The Morgan fingerprint density at radius 1 is 1.07 bits per heavy atom. The molecule has 4 rings (SSSR count). The van der Waals surface area contributed by atoms with Crippen molar-refractivity contribution in [1.82, 2.24) is 4.72 Å². The van der Waals surface area contributed by atoms with Crippen LogP contribution in [0.3, 0.4) is 0 Å². The summed E-state index contributed by atoms with van der Waals surface area (Å²) in [6.07, 6.45) is 2.25. The van der Waals surface area contributed by atoms with Gasteiger partial charge in [-0.15, -0.1) is 0 Å². The van der Waals surface area contributed by atoms with E-state index in [1.165, 1.54) is 18.4 Å². The van der Waals surface area contributed by atoms with Gasteiger partial charge in [-0.25, -0.2) is 13.1 Å². The van der Waals surface area contributed by atoms with Crippen LogP contribution >= 0.6 is 0 Å². The predicted octanol–water partition coefficient (Wildman–Crippen LogP) is 2.95. The zero-order chi connectivity index (χ0) is 19.6. The predicted molar refractivity (Wildman–Crippen MR) is 103 cm³/mol. The molecule has 1 aliphatic heterocycles. The fraction of sp³-hybridized carbons (Fsp3) is 0.150. The smallest absolute Gasteiger partial charge is 0.255 e. The van der Waals surface area contributed by atoms with Crippen LogP contribution in [0.5, 0.6) is 5.75 Å². The van der Waals surface area contributed by atoms with Gasteiger partial charge in [0.05, 0.1) is 24.3 Å². The van der Waals surface area contributed by atoms with Gasteiger partial charge in [-0.1, -0.05) is 6.07 Å². The lowest BCUT2D eigenvalue weighted by molar-refractivity contribution is 0.102. The van der Waals surface area contributed by atoms with E-state index >= 15 is 0 Å². The Balaban J connectivity index is 1.48. The summed E-state index contributed by atoms with van der Waals surface area (Å²) in [6.45, 7) is 0.661. The first kappa shape index (κ1) is 18.3. The molecular weight excluding hydrogens is 380 g/mol. The van der Waals surface area contributed by atoms with Gasteiger partial charge in [0.15, 0.2) is 0 Å². The Kier molecular flexibility index (Phi) is 4.89. The number of fused-ring (bicyclic) bond motifs is 1. The first-order chi connectivity index (χ1) is 13.5. The molecule has 1 amide bonds. The second kappa shape index (κ2) is 7.49. The highest BCUT2D eigenvalue weighted by molar-refractivity contribution is 7.89. The molecule has 2 heterocycles. The van der Waals surface area contributed by atoms with Crippen molar-refractivity contribution in [1.29, 1.82) is 0 Å².